The lowest BCUT2D eigenvalue weighted by atomic mass is 10.1. The van der Waals surface area contributed by atoms with Crippen molar-refractivity contribution < 1.29 is 14.4 Å². The third-order valence-corrected chi connectivity index (χ3v) is 5.47. The molecule has 0 bridgehead atoms. The summed E-state index contributed by atoms with van der Waals surface area (Å²) in [6.45, 7) is 0.644. The van der Waals surface area contributed by atoms with Gasteiger partial charge in [-0.1, -0.05) is 29.4 Å². The van der Waals surface area contributed by atoms with Gasteiger partial charge in [-0.05, 0) is 29.7 Å². The fourth-order valence-corrected chi connectivity index (χ4v) is 3.77. The fourth-order valence-electron chi connectivity index (χ4n) is 3.77. The van der Waals surface area contributed by atoms with E-state index in [9.17, 15) is 4.79 Å². The first-order chi connectivity index (χ1) is 16.6. The van der Waals surface area contributed by atoms with Crippen LogP contribution in [-0.4, -0.2) is 45.8 Å². The van der Waals surface area contributed by atoms with Gasteiger partial charge < -0.3 is 20.2 Å². The Labute approximate surface area is 196 Å². The Morgan fingerprint density at radius 1 is 1.18 bits per heavy atom. The van der Waals surface area contributed by atoms with Crippen LogP contribution in [0, 0.1) is 0 Å². The van der Waals surface area contributed by atoms with Crippen LogP contribution in [0.2, 0.25) is 0 Å². The number of benzene rings is 2. The van der Waals surface area contributed by atoms with Crippen LogP contribution < -0.4 is 15.4 Å². The Balaban J connectivity index is 1.09. The van der Waals surface area contributed by atoms with Gasteiger partial charge in [0.25, 0.3) is 0 Å². The van der Waals surface area contributed by atoms with Gasteiger partial charge >= 0.3 is 6.03 Å². The van der Waals surface area contributed by atoms with Gasteiger partial charge in [0.2, 0.25) is 0 Å². The number of urea groups is 1. The molecule has 1 aliphatic heterocycles. The number of hydrogen-bond donors (Lipinski definition) is 2. The summed E-state index contributed by atoms with van der Waals surface area (Å²) in [7, 11) is 1.88. The van der Waals surface area contributed by atoms with Gasteiger partial charge in [-0.15, -0.1) is 0 Å². The van der Waals surface area contributed by atoms with E-state index in [1.54, 1.807) is 23.3 Å². The molecule has 9 nitrogen and oxygen atoms in total. The molecule has 3 heterocycles. The van der Waals surface area contributed by atoms with Crippen molar-refractivity contribution >= 4 is 28.2 Å². The Bertz CT molecular complexity index is 1350. The maximum Gasteiger partial charge on any atom is 0.319 e. The van der Waals surface area contributed by atoms with Crippen molar-refractivity contribution in [2.75, 3.05) is 18.5 Å². The molecule has 1 aliphatic rings. The number of ether oxygens (including phenoxy) is 1. The molecule has 5 rings (SSSR count). The normalized spacial score (nSPS) is 15.0. The lowest BCUT2D eigenvalue weighted by molar-refractivity contribution is 0.0472. The van der Waals surface area contributed by atoms with E-state index in [-0.39, 0.29) is 12.1 Å². The second-order valence-electron chi connectivity index (χ2n) is 8.04. The van der Waals surface area contributed by atoms with E-state index in [4.69, 9.17) is 9.57 Å². The minimum atomic E-state index is -0.309. The number of nitrogens with zero attached hydrogens (tertiary/aromatic N) is 4. The van der Waals surface area contributed by atoms with Gasteiger partial charge in [-0.3, -0.25) is 9.67 Å². The van der Waals surface area contributed by atoms with E-state index in [1.807, 2.05) is 61.8 Å². The van der Waals surface area contributed by atoms with Crippen LogP contribution in [0.15, 0.2) is 78.5 Å². The number of anilines is 1. The molecular formula is C25H24N6O3. The summed E-state index contributed by atoms with van der Waals surface area (Å²) in [4.78, 5) is 21.9. The van der Waals surface area contributed by atoms with Crippen molar-refractivity contribution in [2.24, 2.45) is 12.2 Å². The molecule has 2 aromatic carbocycles. The quantitative estimate of drug-likeness (QED) is 0.438. The molecule has 1 unspecified atom stereocenters. The van der Waals surface area contributed by atoms with Crippen molar-refractivity contribution in [1.29, 1.82) is 0 Å². The number of hydrogen-bond acceptors (Lipinski definition) is 6. The molecule has 172 valence electrons. The highest BCUT2D eigenvalue weighted by Gasteiger charge is 2.22. The van der Waals surface area contributed by atoms with Crippen molar-refractivity contribution in [3.63, 3.8) is 0 Å². The molecule has 0 fully saturated rings. The maximum absolute atomic E-state index is 12.3. The average molecular weight is 457 g/mol. The van der Waals surface area contributed by atoms with E-state index >= 15 is 0 Å². The Kier molecular flexibility index (Phi) is 6.07. The monoisotopic (exact) mass is 456 g/mol. The summed E-state index contributed by atoms with van der Waals surface area (Å²) < 4.78 is 7.79. The van der Waals surface area contributed by atoms with Crippen LogP contribution in [0.25, 0.3) is 21.9 Å². The molecule has 34 heavy (non-hydrogen) atoms. The first-order valence-corrected chi connectivity index (χ1v) is 10.9. The minimum Gasteiger partial charge on any atom is -0.489 e. The number of aryl methyl sites for hydroxylation is 1. The molecule has 0 radical (unpaired) electrons. The van der Waals surface area contributed by atoms with Crippen LogP contribution in [0.5, 0.6) is 5.75 Å². The first-order valence-electron chi connectivity index (χ1n) is 10.9. The summed E-state index contributed by atoms with van der Waals surface area (Å²) in [5.41, 5.74) is 3.41. The van der Waals surface area contributed by atoms with Crippen LogP contribution in [-0.2, 0) is 11.9 Å². The molecular weight excluding hydrogens is 432 g/mol. The van der Waals surface area contributed by atoms with E-state index in [0.29, 0.717) is 25.3 Å². The predicted molar refractivity (Wildman–Crippen MR) is 130 cm³/mol. The maximum atomic E-state index is 12.3. The van der Waals surface area contributed by atoms with E-state index in [1.165, 1.54) is 0 Å². The molecule has 0 saturated heterocycles. The number of pyridine rings is 1. The molecule has 2 amide bonds. The highest BCUT2D eigenvalue weighted by atomic mass is 16.7. The Hall–Kier alpha value is -4.40. The number of amides is 2. The highest BCUT2D eigenvalue weighted by Crippen LogP contribution is 2.29. The average Bonchev–Trinajstić information content (AvgIpc) is 3.50. The van der Waals surface area contributed by atoms with Crippen molar-refractivity contribution in [3.8, 4) is 16.9 Å². The zero-order chi connectivity index (χ0) is 23.3. The van der Waals surface area contributed by atoms with Gasteiger partial charge in [0.05, 0.1) is 18.5 Å². The smallest absolute Gasteiger partial charge is 0.319 e. The van der Waals surface area contributed by atoms with Gasteiger partial charge in [-0.2, -0.15) is 5.10 Å². The molecule has 2 N–H and O–H groups in total. The van der Waals surface area contributed by atoms with Crippen molar-refractivity contribution in [3.05, 3.63) is 73.3 Å². The van der Waals surface area contributed by atoms with Crippen molar-refractivity contribution in [1.82, 2.24) is 20.1 Å². The summed E-state index contributed by atoms with van der Waals surface area (Å²) in [5.74, 6) is 0.760. The summed E-state index contributed by atoms with van der Waals surface area (Å²) >= 11 is 0. The Morgan fingerprint density at radius 2 is 2.09 bits per heavy atom. The summed E-state index contributed by atoms with van der Waals surface area (Å²) in [6.07, 6.45) is 7.62. The summed E-state index contributed by atoms with van der Waals surface area (Å²) in [5, 5.41) is 16.0. The number of fused-ring (bicyclic) bond motifs is 1. The predicted octanol–water partition coefficient (Wildman–Crippen LogP) is 3.98. The summed E-state index contributed by atoms with van der Waals surface area (Å²) in [6, 6.07) is 15.1. The second-order valence-corrected chi connectivity index (χ2v) is 8.04. The molecule has 2 aromatic heterocycles. The number of carbonyl (C=O) groups excluding carboxylic acids is 1. The first kappa shape index (κ1) is 21.4. The topological polar surface area (TPSA) is 103 Å². The van der Waals surface area contributed by atoms with Crippen LogP contribution in [0.1, 0.15) is 6.42 Å². The molecule has 9 heteroatoms. The third-order valence-electron chi connectivity index (χ3n) is 5.47. The van der Waals surface area contributed by atoms with Crippen LogP contribution in [0.4, 0.5) is 10.5 Å². The SMILES string of the molecule is Cn1cc(-c2ccccc2OCC2CC(CNC(=O)Nc3ccc4ccncc4c3)=NO2)cn1. The lowest BCUT2D eigenvalue weighted by Crippen LogP contribution is -2.33. The van der Waals surface area contributed by atoms with Crippen LogP contribution in [0.3, 0.4) is 0 Å². The number of para-hydroxylation sites is 1. The zero-order valence-corrected chi connectivity index (χ0v) is 18.6. The molecule has 0 saturated carbocycles. The van der Waals surface area contributed by atoms with E-state index in [0.717, 1.165) is 33.4 Å². The number of nitrogens with one attached hydrogen (secondary N) is 2. The van der Waals surface area contributed by atoms with Gasteiger partial charge in [0.1, 0.15) is 12.4 Å². The van der Waals surface area contributed by atoms with Gasteiger partial charge in [-0.25, -0.2) is 4.79 Å². The number of aromatic nitrogens is 3. The minimum absolute atomic E-state index is 0.213. The molecule has 0 spiro atoms. The van der Waals surface area contributed by atoms with E-state index in [2.05, 4.69) is 25.9 Å². The highest BCUT2D eigenvalue weighted by molar-refractivity contribution is 5.96. The zero-order valence-electron chi connectivity index (χ0n) is 18.6. The van der Waals surface area contributed by atoms with Crippen LogP contribution >= 0.6 is 0 Å². The van der Waals surface area contributed by atoms with Crippen molar-refractivity contribution in [2.45, 2.75) is 12.5 Å². The number of carbonyl (C=O) groups is 1. The molecule has 4 aromatic rings. The lowest BCUT2D eigenvalue weighted by Gasteiger charge is -2.13. The largest absolute Gasteiger partial charge is 0.489 e. The van der Waals surface area contributed by atoms with Gasteiger partial charge in [0, 0.05) is 54.3 Å². The molecule has 1 atom stereocenters. The Morgan fingerprint density at radius 3 is 2.97 bits per heavy atom. The standard InChI is InChI=1S/C25H24N6O3/c1-31-15-19(13-28-31)23-4-2-3-5-24(23)33-16-22-11-21(30-34-22)14-27-25(32)29-20-7-6-17-8-9-26-12-18(17)10-20/h2-10,12-13,15,22H,11,14,16H2,1H3,(H2,27,29,32). The fraction of sp³-hybridized carbons (Fsp3) is 0.200. The van der Waals surface area contributed by atoms with Gasteiger partial charge in [0.15, 0.2) is 6.10 Å². The number of oxime groups is 1. The van der Waals surface area contributed by atoms with E-state index < -0.39 is 0 Å². The third kappa shape index (κ3) is 4.98. The number of rotatable bonds is 7. The molecule has 0 aliphatic carbocycles. The second kappa shape index (κ2) is 9.62.